The second-order valence-electron chi connectivity index (χ2n) is 7.65. The number of carbonyl (C=O) groups excluding carboxylic acids is 2. The van der Waals surface area contributed by atoms with Gasteiger partial charge in [-0.1, -0.05) is 12.1 Å². The molecule has 0 saturated carbocycles. The number of carbonyl (C=O) groups is 2. The smallest absolute Gasteiger partial charge is 0.270 e. The first-order valence-corrected chi connectivity index (χ1v) is 9.84. The number of nitrogens with zero attached hydrogens (tertiary/aromatic N) is 4. The Balaban J connectivity index is 1.85. The van der Waals surface area contributed by atoms with Gasteiger partial charge in [-0.2, -0.15) is 5.10 Å². The number of hydrogen-bond acceptors (Lipinski definition) is 5. The molecule has 31 heavy (non-hydrogen) atoms. The Bertz CT molecular complexity index is 961. The van der Waals surface area contributed by atoms with Gasteiger partial charge in [0.1, 0.15) is 23.4 Å². The predicted octanol–water partition coefficient (Wildman–Crippen LogP) is 1.98. The summed E-state index contributed by atoms with van der Waals surface area (Å²) < 4.78 is 26.5. The van der Waals surface area contributed by atoms with Crippen molar-refractivity contribution in [3.63, 3.8) is 0 Å². The van der Waals surface area contributed by atoms with Gasteiger partial charge < -0.3 is 15.5 Å². The highest BCUT2D eigenvalue weighted by Crippen LogP contribution is 2.25. The van der Waals surface area contributed by atoms with Crippen LogP contribution in [0, 0.1) is 11.6 Å². The van der Waals surface area contributed by atoms with E-state index < -0.39 is 17.8 Å². The third-order valence-electron chi connectivity index (χ3n) is 4.97. The van der Waals surface area contributed by atoms with Crippen LogP contribution in [-0.4, -0.2) is 60.6 Å². The summed E-state index contributed by atoms with van der Waals surface area (Å²) in [5.74, 6) is -1.74. The Morgan fingerprint density at radius 1 is 1.03 bits per heavy atom. The fourth-order valence-electron chi connectivity index (χ4n) is 3.26. The Hall–Kier alpha value is -3.33. The van der Waals surface area contributed by atoms with Crippen molar-refractivity contribution in [3.8, 4) is 0 Å². The third-order valence-corrected chi connectivity index (χ3v) is 4.97. The highest BCUT2D eigenvalue weighted by molar-refractivity contribution is 6.40. The van der Waals surface area contributed by atoms with Crippen molar-refractivity contribution in [1.29, 1.82) is 0 Å². The van der Waals surface area contributed by atoms with Crippen molar-refractivity contribution in [2.45, 2.75) is 19.0 Å². The largest absolute Gasteiger partial charge is 0.368 e. The SMILES string of the molecule is CN(C)CCN(Cc1ccc(F)cc1)C(=O)C1=NN(c2ccc(F)cc2)C(C(N)=O)C1. The lowest BCUT2D eigenvalue weighted by molar-refractivity contribution is -0.124. The van der Waals surface area contributed by atoms with Crippen LogP contribution >= 0.6 is 0 Å². The maximum absolute atomic E-state index is 13.3. The van der Waals surface area contributed by atoms with Gasteiger partial charge in [-0.3, -0.25) is 14.6 Å². The van der Waals surface area contributed by atoms with Gasteiger partial charge in [-0.25, -0.2) is 8.78 Å². The summed E-state index contributed by atoms with van der Waals surface area (Å²) in [5, 5.41) is 5.71. The standard InChI is InChI=1S/C22H25F2N5O2/c1-27(2)11-12-28(14-15-3-5-16(23)6-4-15)22(31)19-13-20(21(25)30)29(26-19)18-9-7-17(24)8-10-18/h3-10,20H,11-14H2,1-2H3,(H2,25,30). The molecule has 1 atom stereocenters. The lowest BCUT2D eigenvalue weighted by Gasteiger charge is -2.24. The quantitative estimate of drug-likeness (QED) is 0.696. The van der Waals surface area contributed by atoms with E-state index in [-0.39, 0.29) is 30.4 Å². The van der Waals surface area contributed by atoms with E-state index in [9.17, 15) is 18.4 Å². The first-order chi connectivity index (χ1) is 14.7. The average molecular weight is 429 g/mol. The number of nitrogens with two attached hydrogens (primary N) is 1. The van der Waals surface area contributed by atoms with Crippen LogP contribution in [0.5, 0.6) is 0 Å². The molecule has 0 saturated heterocycles. The van der Waals surface area contributed by atoms with Gasteiger partial charge >= 0.3 is 0 Å². The van der Waals surface area contributed by atoms with E-state index in [4.69, 9.17) is 5.73 Å². The van der Waals surface area contributed by atoms with Crippen LogP contribution in [0.2, 0.25) is 0 Å². The van der Waals surface area contributed by atoms with E-state index in [2.05, 4.69) is 5.10 Å². The van der Waals surface area contributed by atoms with E-state index >= 15 is 0 Å². The zero-order chi connectivity index (χ0) is 22.5. The number of hydrogen-bond donors (Lipinski definition) is 1. The second-order valence-corrected chi connectivity index (χ2v) is 7.65. The minimum atomic E-state index is -0.842. The van der Waals surface area contributed by atoms with E-state index in [0.717, 1.165) is 5.56 Å². The summed E-state index contributed by atoms with van der Waals surface area (Å²) in [6, 6.07) is 10.5. The monoisotopic (exact) mass is 429 g/mol. The minimum absolute atomic E-state index is 0.0490. The maximum Gasteiger partial charge on any atom is 0.270 e. The summed E-state index contributed by atoms with van der Waals surface area (Å²) in [6.45, 7) is 1.30. The van der Waals surface area contributed by atoms with Crippen molar-refractivity contribution < 1.29 is 18.4 Å². The van der Waals surface area contributed by atoms with Crippen LogP contribution < -0.4 is 10.7 Å². The van der Waals surface area contributed by atoms with Crippen molar-refractivity contribution >= 4 is 23.2 Å². The molecule has 7 nitrogen and oxygen atoms in total. The number of likely N-dealkylation sites (N-methyl/N-ethyl adjacent to an activating group) is 1. The molecule has 164 valence electrons. The fourth-order valence-corrected chi connectivity index (χ4v) is 3.26. The molecule has 9 heteroatoms. The highest BCUT2D eigenvalue weighted by atomic mass is 19.1. The lowest BCUT2D eigenvalue weighted by atomic mass is 10.1. The molecule has 2 amide bonds. The first-order valence-electron chi connectivity index (χ1n) is 9.84. The van der Waals surface area contributed by atoms with Crippen LogP contribution in [0.1, 0.15) is 12.0 Å². The van der Waals surface area contributed by atoms with Crippen LogP contribution in [0.25, 0.3) is 0 Å². The number of anilines is 1. The van der Waals surface area contributed by atoms with Gasteiger partial charge in [0.2, 0.25) is 5.91 Å². The summed E-state index contributed by atoms with van der Waals surface area (Å²) in [4.78, 5) is 28.8. The van der Waals surface area contributed by atoms with Gasteiger partial charge in [0, 0.05) is 26.1 Å². The topological polar surface area (TPSA) is 82.2 Å². The van der Waals surface area contributed by atoms with E-state index in [1.807, 2.05) is 19.0 Å². The second kappa shape index (κ2) is 9.65. The fraction of sp³-hybridized carbons (Fsp3) is 0.318. The minimum Gasteiger partial charge on any atom is -0.368 e. The van der Waals surface area contributed by atoms with Crippen molar-refractivity contribution in [3.05, 3.63) is 65.7 Å². The molecule has 1 aliphatic heterocycles. The number of halogens is 2. The summed E-state index contributed by atoms with van der Waals surface area (Å²) in [5.41, 5.74) is 6.96. The van der Waals surface area contributed by atoms with Gasteiger partial charge in [0.15, 0.2) is 0 Å². The first kappa shape index (κ1) is 22.4. The van der Waals surface area contributed by atoms with Crippen molar-refractivity contribution in [2.24, 2.45) is 10.8 Å². The zero-order valence-electron chi connectivity index (χ0n) is 17.5. The molecule has 1 aliphatic rings. The number of hydrazone groups is 1. The van der Waals surface area contributed by atoms with E-state index in [0.29, 0.717) is 18.8 Å². The van der Waals surface area contributed by atoms with Crippen LogP contribution in [-0.2, 0) is 16.1 Å². The maximum atomic E-state index is 13.3. The molecular weight excluding hydrogens is 404 g/mol. The van der Waals surface area contributed by atoms with E-state index in [1.165, 1.54) is 41.4 Å². The van der Waals surface area contributed by atoms with Gasteiger partial charge in [-0.15, -0.1) is 0 Å². The predicted molar refractivity (Wildman–Crippen MR) is 114 cm³/mol. The van der Waals surface area contributed by atoms with Crippen molar-refractivity contribution in [1.82, 2.24) is 9.80 Å². The lowest BCUT2D eigenvalue weighted by Crippen LogP contribution is -2.41. The number of rotatable bonds is 8. The van der Waals surface area contributed by atoms with Gasteiger partial charge in [0.25, 0.3) is 5.91 Å². The summed E-state index contributed by atoms with van der Waals surface area (Å²) in [6.07, 6.45) is 0.0490. The van der Waals surface area contributed by atoms with Gasteiger partial charge in [-0.05, 0) is 56.1 Å². The molecule has 2 aromatic rings. The average Bonchev–Trinajstić information content (AvgIpc) is 3.18. The molecule has 2 N–H and O–H groups in total. The van der Waals surface area contributed by atoms with E-state index in [1.54, 1.807) is 17.0 Å². The molecule has 1 unspecified atom stereocenters. The molecular formula is C22H25F2N5O2. The molecule has 0 aliphatic carbocycles. The Labute approximate surface area is 179 Å². The Morgan fingerprint density at radius 2 is 1.61 bits per heavy atom. The van der Waals surface area contributed by atoms with Crippen molar-refractivity contribution in [2.75, 3.05) is 32.2 Å². The molecule has 3 rings (SSSR count). The zero-order valence-corrected chi connectivity index (χ0v) is 17.5. The molecule has 0 radical (unpaired) electrons. The highest BCUT2D eigenvalue weighted by Gasteiger charge is 2.36. The Morgan fingerprint density at radius 3 is 2.16 bits per heavy atom. The van der Waals surface area contributed by atoms with Crippen LogP contribution in [0.3, 0.4) is 0 Å². The Kier molecular flexibility index (Phi) is 6.96. The number of amides is 2. The van der Waals surface area contributed by atoms with Crippen LogP contribution in [0.15, 0.2) is 53.6 Å². The molecule has 0 fully saturated rings. The molecule has 1 heterocycles. The molecule has 2 aromatic carbocycles. The third kappa shape index (κ3) is 5.64. The molecule has 0 aromatic heterocycles. The van der Waals surface area contributed by atoms with Gasteiger partial charge in [0.05, 0.1) is 5.69 Å². The van der Waals surface area contributed by atoms with Crippen LogP contribution in [0.4, 0.5) is 14.5 Å². The number of benzene rings is 2. The summed E-state index contributed by atoms with van der Waals surface area (Å²) >= 11 is 0. The molecule has 0 spiro atoms. The molecule has 0 bridgehead atoms. The number of primary amides is 1. The summed E-state index contributed by atoms with van der Waals surface area (Å²) in [7, 11) is 3.79. The normalized spacial score (nSPS) is 15.8.